The van der Waals surface area contributed by atoms with Gasteiger partial charge in [0.2, 0.25) is 0 Å². The molecule has 3 atom stereocenters. The van der Waals surface area contributed by atoms with E-state index in [4.69, 9.17) is 15.2 Å². The highest BCUT2D eigenvalue weighted by Crippen LogP contribution is 2.40. The fraction of sp³-hybridized carbons (Fsp3) is 1.00. The molecule has 2 rings (SSSR count). The van der Waals surface area contributed by atoms with Crippen molar-refractivity contribution < 1.29 is 9.47 Å². The van der Waals surface area contributed by atoms with Gasteiger partial charge < -0.3 is 15.2 Å². The fourth-order valence-electron chi connectivity index (χ4n) is 3.05. The van der Waals surface area contributed by atoms with Gasteiger partial charge in [-0.15, -0.1) is 0 Å². The predicted octanol–water partition coefficient (Wildman–Crippen LogP) is 2.23. The molecule has 1 aliphatic carbocycles. The molecular weight excluding hydrogens is 202 g/mol. The number of ether oxygens (including phenoxy) is 2. The van der Waals surface area contributed by atoms with Gasteiger partial charge >= 0.3 is 0 Å². The molecule has 0 aromatic heterocycles. The molecule has 0 spiro atoms. The largest absolute Gasteiger partial charge is 0.372 e. The Balaban J connectivity index is 1.94. The molecule has 0 radical (unpaired) electrons. The Bertz CT molecular complexity index is 263. The Kier molecular flexibility index (Phi) is 3.06. The summed E-state index contributed by atoms with van der Waals surface area (Å²) in [6.07, 6.45) is 4.74. The third kappa shape index (κ3) is 2.58. The molecule has 1 aliphatic heterocycles. The summed E-state index contributed by atoms with van der Waals surface area (Å²) >= 11 is 0. The molecule has 94 valence electrons. The van der Waals surface area contributed by atoms with E-state index in [0.29, 0.717) is 12.1 Å². The van der Waals surface area contributed by atoms with Crippen LogP contribution >= 0.6 is 0 Å². The van der Waals surface area contributed by atoms with Gasteiger partial charge in [0, 0.05) is 12.5 Å². The fourth-order valence-corrected chi connectivity index (χ4v) is 3.05. The highest BCUT2D eigenvalue weighted by atomic mass is 16.6. The summed E-state index contributed by atoms with van der Waals surface area (Å²) in [4.78, 5) is 0. The second-order valence-corrected chi connectivity index (χ2v) is 6.49. The first kappa shape index (κ1) is 12.3. The van der Waals surface area contributed by atoms with E-state index >= 15 is 0 Å². The molecule has 1 saturated heterocycles. The average molecular weight is 227 g/mol. The molecule has 1 saturated carbocycles. The van der Waals surface area contributed by atoms with Crippen molar-refractivity contribution in [2.24, 2.45) is 5.73 Å². The van der Waals surface area contributed by atoms with Gasteiger partial charge in [0.05, 0.1) is 23.4 Å². The number of hydrogen-bond acceptors (Lipinski definition) is 3. The Labute approximate surface area is 98.7 Å². The molecule has 0 bridgehead atoms. The molecule has 1 heterocycles. The zero-order valence-electron chi connectivity index (χ0n) is 11.0. The van der Waals surface area contributed by atoms with E-state index in [-0.39, 0.29) is 17.3 Å². The summed E-state index contributed by atoms with van der Waals surface area (Å²) in [6.45, 7) is 8.53. The second-order valence-electron chi connectivity index (χ2n) is 6.49. The van der Waals surface area contributed by atoms with Crippen LogP contribution in [0.3, 0.4) is 0 Å². The molecule has 3 nitrogen and oxygen atoms in total. The van der Waals surface area contributed by atoms with Crippen LogP contribution in [0, 0.1) is 0 Å². The van der Waals surface area contributed by atoms with Crippen LogP contribution < -0.4 is 5.73 Å². The van der Waals surface area contributed by atoms with Gasteiger partial charge in [-0.2, -0.15) is 0 Å². The molecule has 0 aromatic carbocycles. The van der Waals surface area contributed by atoms with Crippen molar-refractivity contribution in [2.75, 3.05) is 0 Å². The molecule has 0 amide bonds. The first-order valence-electron chi connectivity index (χ1n) is 6.40. The lowest BCUT2D eigenvalue weighted by molar-refractivity contribution is -0.117. The van der Waals surface area contributed by atoms with E-state index in [0.717, 1.165) is 25.7 Å². The van der Waals surface area contributed by atoms with Gasteiger partial charge in [-0.25, -0.2) is 0 Å². The van der Waals surface area contributed by atoms with Gasteiger partial charge in [0.25, 0.3) is 0 Å². The summed E-state index contributed by atoms with van der Waals surface area (Å²) in [5.74, 6) is 0. The quantitative estimate of drug-likeness (QED) is 0.786. The van der Waals surface area contributed by atoms with Gasteiger partial charge in [-0.05, 0) is 47.0 Å². The molecule has 2 fully saturated rings. The van der Waals surface area contributed by atoms with Gasteiger partial charge in [0.15, 0.2) is 0 Å². The van der Waals surface area contributed by atoms with E-state index in [2.05, 4.69) is 27.7 Å². The molecule has 3 heteroatoms. The molecule has 16 heavy (non-hydrogen) atoms. The maximum atomic E-state index is 6.19. The Morgan fingerprint density at radius 1 is 1.19 bits per heavy atom. The zero-order chi connectivity index (χ0) is 12.0. The van der Waals surface area contributed by atoms with Crippen molar-refractivity contribution in [3.63, 3.8) is 0 Å². The van der Waals surface area contributed by atoms with Gasteiger partial charge in [0.1, 0.15) is 0 Å². The van der Waals surface area contributed by atoms with E-state index in [9.17, 15) is 0 Å². The monoisotopic (exact) mass is 227 g/mol. The maximum Gasteiger partial charge on any atom is 0.0895 e. The summed E-state index contributed by atoms with van der Waals surface area (Å²) in [7, 11) is 0. The second kappa shape index (κ2) is 3.97. The first-order chi connectivity index (χ1) is 7.28. The minimum Gasteiger partial charge on any atom is -0.372 e. The average Bonchev–Trinajstić information content (AvgIpc) is 2.55. The van der Waals surface area contributed by atoms with Crippen LogP contribution in [-0.4, -0.2) is 29.5 Å². The Morgan fingerprint density at radius 2 is 1.88 bits per heavy atom. The minimum absolute atomic E-state index is 0.0606. The van der Waals surface area contributed by atoms with E-state index < -0.39 is 0 Å². The highest BCUT2D eigenvalue weighted by molar-refractivity contribution is 4.96. The number of rotatable bonds is 2. The summed E-state index contributed by atoms with van der Waals surface area (Å²) in [6, 6.07) is 0.337. The van der Waals surface area contributed by atoms with Crippen molar-refractivity contribution in [3.8, 4) is 0 Å². The Hall–Kier alpha value is -0.120. The molecule has 2 aliphatic rings. The van der Waals surface area contributed by atoms with E-state index in [1.165, 1.54) is 0 Å². The minimum atomic E-state index is -0.170. The first-order valence-corrected chi connectivity index (χ1v) is 6.40. The third-order valence-corrected chi connectivity index (χ3v) is 3.77. The normalized spacial score (nSPS) is 41.4. The third-order valence-electron chi connectivity index (χ3n) is 3.77. The molecule has 0 aromatic rings. The maximum absolute atomic E-state index is 6.19. The lowest BCUT2D eigenvalue weighted by atomic mass is 9.97. The lowest BCUT2D eigenvalue weighted by Crippen LogP contribution is -2.37. The van der Waals surface area contributed by atoms with Gasteiger partial charge in [-0.3, -0.25) is 0 Å². The van der Waals surface area contributed by atoms with Gasteiger partial charge in [-0.1, -0.05) is 0 Å². The topological polar surface area (TPSA) is 44.5 Å². The lowest BCUT2D eigenvalue weighted by Gasteiger charge is -2.29. The van der Waals surface area contributed by atoms with Crippen LogP contribution in [0.4, 0.5) is 0 Å². The number of nitrogens with two attached hydrogens (primary N) is 1. The SMILES string of the molecule is CC1(C)CC(OC2CCC(N)C2)C(C)(C)O1. The molecule has 2 N–H and O–H groups in total. The van der Waals surface area contributed by atoms with Crippen LogP contribution in [0.5, 0.6) is 0 Å². The molecular formula is C13H25NO2. The van der Waals surface area contributed by atoms with Crippen molar-refractivity contribution in [1.82, 2.24) is 0 Å². The summed E-state index contributed by atoms with van der Waals surface area (Å²) in [5, 5.41) is 0. The van der Waals surface area contributed by atoms with Crippen molar-refractivity contribution in [1.29, 1.82) is 0 Å². The van der Waals surface area contributed by atoms with Crippen LogP contribution in [0.15, 0.2) is 0 Å². The zero-order valence-corrected chi connectivity index (χ0v) is 11.0. The number of hydrogen-bond donors (Lipinski definition) is 1. The van der Waals surface area contributed by atoms with Crippen LogP contribution in [0.25, 0.3) is 0 Å². The van der Waals surface area contributed by atoms with E-state index in [1.807, 2.05) is 0 Å². The molecule has 3 unspecified atom stereocenters. The standard InChI is InChI=1S/C13H25NO2/c1-12(2)8-11(13(3,4)16-12)15-10-6-5-9(14)7-10/h9-11H,5-8,14H2,1-4H3. The summed E-state index contributed by atoms with van der Waals surface area (Å²) < 4.78 is 12.2. The predicted molar refractivity (Wildman–Crippen MR) is 64.3 cm³/mol. The Morgan fingerprint density at radius 3 is 2.31 bits per heavy atom. The van der Waals surface area contributed by atoms with Crippen molar-refractivity contribution in [3.05, 3.63) is 0 Å². The van der Waals surface area contributed by atoms with E-state index in [1.54, 1.807) is 0 Å². The van der Waals surface area contributed by atoms with Crippen molar-refractivity contribution >= 4 is 0 Å². The smallest absolute Gasteiger partial charge is 0.0895 e. The highest BCUT2D eigenvalue weighted by Gasteiger charge is 2.47. The van der Waals surface area contributed by atoms with Crippen LogP contribution in [0.1, 0.15) is 53.4 Å². The summed E-state index contributed by atoms with van der Waals surface area (Å²) in [5.41, 5.74) is 5.68. The van der Waals surface area contributed by atoms with Crippen LogP contribution in [0.2, 0.25) is 0 Å². The van der Waals surface area contributed by atoms with Crippen LogP contribution in [-0.2, 0) is 9.47 Å². The van der Waals surface area contributed by atoms with Crippen molar-refractivity contribution in [2.45, 2.75) is 82.8 Å².